The van der Waals surface area contributed by atoms with Gasteiger partial charge in [0, 0.05) is 0 Å². The highest BCUT2D eigenvalue weighted by molar-refractivity contribution is 5.30. The number of fused-ring (bicyclic) bond motifs is 5. The monoisotopic (exact) mass is 400 g/mol. The van der Waals surface area contributed by atoms with Gasteiger partial charge in [-0.2, -0.15) is 0 Å². The predicted molar refractivity (Wildman–Crippen MR) is 124 cm³/mol. The number of aliphatic hydroxyl groups excluding tert-OH is 1. The van der Waals surface area contributed by atoms with Crippen LogP contribution >= 0.6 is 0 Å². The summed E-state index contributed by atoms with van der Waals surface area (Å²) in [6, 6.07) is 0. The summed E-state index contributed by atoms with van der Waals surface area (Å²) in [6.07, 6.45) is 15.8. The van der Waals surface area contributed by atoms with Crippen molar-refractivity contribution in [1.29, 1.82) is 0 Å². The van der Waals surface area contributed by atoms with E-state index in [0.717, 1.165) is 54.3 Å². The second-order valence-corrected chi connectivity index (χ2v) is 12.7. The van der Waals surface area contributed by atoms with E-state index in [4.69, 9.17) is 0 Å². The molecule has 0 amide bonds. The van der Waals surface area contributed by atoms with Gasteiger partial charge in [-0.3, -0.25) is 0 Å². The molecule has 0 aromatic carbocycles. The Labute approximate surface area is 181 Å². The van der Waals surface area contributed by atoms with Crippen LogP contribution in [-0.4, -0.2) is 11.2 Å². The molecule has 9 atom stereocenters. The van der Waals surface area contributed by atoms with Crippen LogP contribution in [0.3, 0.4) is 0 Å². The molecular weight excluding hydrogens is 352 g/mol. The second-order valence-electron chi connectivity index (χ2n) is 12.7. The van der Waals surface area contributed by atoms with Crippen LogP contribution in [0.1, 0.15) is 106 Å². The lowest BCUT2D eigenvalue weighted by Crippen LogP contribution is -2.52. The Kier molecular flexibility index (Phi) is 6.04. The van der Waals surface area contributed by atoms with E-state index in [1.807, 2.05) is 5.57 Å². The highest BCUT2D eigenvalue weighted by Crippen LogP contribution is 2.66. The van der Waals surface area contributed by atoms with Crippen LogP contribution in [0.2, 0.25) is 0 Å². The van der Waals surface area contributed by atoms with Crippen LogP contribution < -0.4 is 0 Å². The Hall–Kier alpha value is -0.300. The molecule has 4 aliphatic carbocycles. The molecule has 0 aliphatic heterocycles. The molecule has 0 heterocycles. The maximum absolute atomic E-state index is 10.3. The molecule has 0 aromatic rings. The van der Waals surface area contributed by atoms with Gasteiger partial charge in [0.1, 0.15) is 0 Å². The second kappa shape index (κ2) is 7.99. The molecule has 3 saturated carbocycles. The fourth-order valence-corrected chi connectivity index (χ4v) is 8.52. The minimum absolute atomic E-state index is 0.0253. The summed E-state index contributed by atoms with van der Waals surface area (Å²) >= 11 is 0. The summed E-state index contributed by atoms with van der Waals surface area (Å²) in [5.74, 6) is 5.88. The number of allylic oxidation sites excluding steroid dienone is 2. The van der Waals surface area contributed by atoms with Crippen molar-refractivity contribution in [2.45, 2.75) is 112 Å². The smallest absolute Gasteiger partial charge is 0.0543 e. The van der Waals surface area contributed by atoms with Crippen LogP contribution in [0.5, 0.6) is 0 Å². The van der Waals surface area contributed by atoms with Gasteiger partial charge in [-0.25, -0.2) is 0 Å². The molecule has 3 fully saturated rings. The van der Waals surface area contributed by atoms with Crippen LogP contribution in [0.25, 0.3) is 0 Å². The largest absolute Gasteiger partial charge is 0.393 e. The molecule has 4 aliphatic rings. The third-order valence-corrected chi connectivity index (χ3v) is 11.0. The van der Waals surface area contributed by atoms with Crippen molar-refractivity contribution in [3.8, 4) is 0 Å². The van der Waals surface area contributed by atoms with Gasteiger partial charge in [0.2, 0.25) is 0 Å². The van der Waals surface area contributed by atoms with Gasteiger partial charge in [-0.05, 0) is 104 Å². The summed E-state index contributed by atoms with van der Waals surface area (Å²) in [5, 5.41) is 10.3. The Morgan fingerprint density at radius 3 is 2.48 bits per heavy atom. The molecule has 1 N–H and O–H groups in total. The Bertz CT molecular complexity index is 620. The molecular formula is C28H48O. The van der Waals surface area contributed by atoms with Gasteiger partial charge in [0.15, 0.2) is 0 Å². The minimum Gasteiger partial charge on any atom is -0.393 e. The van der Waals surface area contributed by atoms with Crippen molar-refractivity contribution in [3.63, 3.8) is 0 Å². The van der Waals surface area contributed by atoms with Crippen LogP contribution in [-0.2, 0) is 0 Å². The highest BCUT2D eigenvalue weighted by Gasteiger charge is 2.57. The van der Waals surface area contributed by atoms with Crippen LogP contribution in [0.15, 0.2) is 11.6 Å². The summed E-state index contributed by atoms with van der Waals surface area (Å²) in [5.41, 5.74) is 2.84. The standard InChI is InChI=1S/C28H48O/c1-18(2)19(3)7-8-20(4)24-11-12-25-23-10-9-21-17-22(29)13-15-27(21,5)26(23)14-16-28(24,25)6/h12,18-24,26,29H,7-11,13-17H2,1-6H3/t19-,20+,21-,22+,23-,24-,26-,27-,28-/m0/s1. The topological polar surface area (TPSA) is 20.2 Å². The third kappa shape index (κ3) is 3.66. The Balaban J connectivity index is 1.47. The van der Waals surface area contributed by atoms with Gasteiger partial charge >= 0.3 is 0 Å². The molecule has 166 valence electrons. The van der Waals surface area contributed by atoms with E-state index in [-0.39, 0.29) is 6.10 Å². The lowest BCUT2D eigenvalue weighted by Gasteiger charge is -2.60. The van der Waals surface area contributed by atoms with Crippen LogP contribution in [0.4, 0.5) is 0 Å². The first-order valence-electron chi connectivity index (χ1n) is 13.1. The third-order valence-electron chi connectivity index (χ3n) is 11.0. The first kappa shape index (κ1) is 21.9. The summed E-state index contributed by atoms with van der Waals surface area (Å²) in [6.45, 7) is 15.0. The molecule has 1 nitrogen and oxygen atoms in total. The summed E-state index contributed by atoms with van der Waals surface area (Å²) in [7, 11) is 0. The molecule has 0 unspecified atom stereocenters. The van der Waals surface area contributed by atoms with E-state index in [9.17, 15) is 5.11 Å². The zero-order valence-electron chi connectivity index (χ0n) is 20.2. The SMILES string of the molecule is CC(C)[C@@H](C)CC[C@@H](C)[C@@H]1CC=C2[C@@H]3CC[C@H]4C[C@H](O)CC[C@]4(C)[C@H]3CC[C@]21C. The van der Waals surface area contributed by atoms with Crippen molar-refractivity contribution >= 4 is 0 Å². The van der Waals surface area contributed by atoms with Gasteiger partial charge < -0.3 is 5.11 Å². The number of hydrogen-bond acceptors (Lipinski definition) is 1. The maximum Gasteiger partial charge on any atom is 0.0543 e. The van der Waals surface area contributed by atoms with Crippen molar-refractivity contribution in [3.05, 3.63) is 11.6 Å². The number of aliphatic hydroxyl groups is 1. The van der Waals surface area contributed by atoms with Gasteiger partial charge in [0.05, 0.1) is 6.10 Å². The molecule has 4 rings (SSSR count). The zero-order chi connectivity index (χ0) is 21.0. The summed E-state index contributed by atoms with van der Waals surface area (Å²) in [4.78, 5) is 0. The minimum atomic E-state index is -0.0253. The van der Waals surface area contributed by atoms with Gasteiger partial charge in [0.25, 0.3) is 0 Å². The lowest BCUT2D eigenvalue weighted by molar-refractivity contribution is -0.0860. The van der Waals surface area contributed by atoms with E-state index in [0.29, 0.717) is 10.8 Å². The maximum atomic E-state index is 10.3. The van der Waals surface area contributed by atoms with Crippen molar-refractivity contribution in [2.75, 3.05) is 0 Å². The van der Waals surface area contributed by atoms with E-state index in [1.165, 1.54) is 51.4 Å². The molecule has 0 spiro atoms. The van der Waals surface area contributed by atoms with E-state index >= 15 is 0 Å². The van der Waals surface area contributed by atoms with Gasteiger partial charge in [-0.15, -0.1) is 0 Å². The first-order chi connectivity index (χ1) is 13.7. The molecule has 0 aromatic heterocycles. The van der Waals surface area contributed by atoms with E-state index < -0.39 is 0 Å². The Morgan fingerprint density at radius 2 is 1.76 bits per heavy atom. The summed E-state index contributed by atoms with van der Waals surface area (Å²) < 4.78 is 0. The van der Waals surface area contributed by atoms with Gasteiger partial charge in [-0.1, -0.05) is 66.0 Å². The van der Waals surface area contributed by atoms with Crippen molar-refractivity contribution < 1.29 is 5.11 Å². The molecule has 0 saturated heterocycles. The number of rotatable bonds is 5. The molecule has 0 bridgehead atoms. The Morgan fingerprint density at radius 1 is 1.00 bits per heavy atom. The average Bonchev–Trinajstić information content (AvgIpc) is 3.03. The molecule has 0 radical (unpaired) electrons. The molecule has 29 heavy (non-hydrogen) atoms. The highest BCUT2D eigenvalue weighted by atomic mass is 16.3. The normalized spacial score (nSPS) is 46.5. The fraction of sp³-hybridized carbons (Fsp3) is 0.929. The molecule has 1 heteroatoms. The average molecular weight is 401 g/mol. The predicted octanol–water partition coefficient (Wildman–Crippen LogP) is 7.63. The quantitative estimate of drug-likeness (QED) is 0.470. The first-order valence-corrected chi connectivity index (χ1v) is 13.1. The van der Waals surface area contributed by atoms with Crippen molar-refractivity contribution in [1.82, 2.24) is 0 Å². The van der Waals surface area contributed by atoms with E-state index in [1.54, 1.807) is 0 Å². The van der Waals surface area contributed by atoms with Crippen LogP contribution in [0, 0.1) is 52.3 Å². The van der Waals surface area contributed by atoms with E-state index in [2.05, 4.69) is 47.6 Å². The van der Waals surface area contributed by atoms with Crippen molar-refractivity contribution in [2.24, 2.45) is 52.3 Å². The lowest BCUT2D eigenvalue weighted by atomic mass is 9.45. The number of hydrogen-bond donors (Lipinski definition) is 1. The fourth-order valence-electron chi connectivity index (χ4n) is 8.52. The zero-order valence-corrected chi connectivity index (χ0v) is 20.2.